The first-order chi connectivity index (χ1) is 11.9. The second-order valence-corrected chi connectivity index (χ2v) is 7.65. The Labute approximate surface area is 145 Å². The van der Waals surface area contributed by atoms with E-state index in [2.05, 4.69) is 5.32 Å². The van der Waals surface area contributed by atoms with E-state index in [1.807, 2.05) is 0 Å². The molecule has 0 saturated carbocycles. The van der Waals surface area contributed by atoms with Gasteiger partial charge in [-0.05, 0) is 42.0 Å². The van der Waals surface area contributed by atoms with E-state index in [0.29, 0.717) is 18.1 Å². The molecule has 7 nitrogen and oxygen atoms in total. The highest BCUT2D eigenvalue weighted by atomic mass is 32.2. The number of rotatable bonds is 7. The van der Waals surface area contributed by atoms with Crippen LogP contribution in [-0.2, 0) is 21.1 Å². The molecule has 3 rings (SSSR count). The fourth-order valence-corrected chi connectivity index (χ4v) is 3.63. The molecule has 0 aromatic heterocycles. The van der Waals surface area contributed by atoms with Crippen LogP contribution in [0.15, 0.2) is 53.4 Å². The lowest BCUT2D eigenvalue weighted by atomic mass is 10.2. The number of carbonyl (C=O) groups is 1. The summed E-state index contributed by atoms with van der Waals surface area (Å²) in [6.07, 6.45) is -1.27. The van der Waals surface area contributed by atoms with Crippen LogP contribution in [0.3, 0.4) is 0 Å². The Morgan fingerprint density at radius 3 is 2.20 bits per heavy atom. The molecule has 0 spiro atoms. The van der Waals surface area contributed by atoms with Gasteiger partial charge in [0, 0.05) is 6.54 Å². The maximum absolute atomic E-state index is 12.1. The summed E-state index contributed by atoms with van der Waals surface area (Å²) >= 11 is 0. The third kappa shape index (κ3) is 4.94. The molecule has 2 N–H and O–H groups in total. The molecule has 0 aliphatic carbocycles. The minimum absolute atomic E-state index is 0.000948. The zero-order valence-electron chi connectivity index (χ0n) is 13.2. The van der Waals surface area contributed by atoms with E-state index in [1.165, 1.54) is 12.1 Å². The van der Waals surface area contributed by atoms with Crippen molar-refractivity contribution in [3.63, 3.8) is 0 Å². The van der Waals surface area contributed by atoms with Gasteiger partial charge in [0.2, 0.25) is 0 Å². The van der Waals surface area contributed by atoms with Crippen molar-refractivity contribution in [3.05, 3.63) is 54.1 Å². The van der Waals surface area contributed by atoms with Gasteiger partial charge in [-0.25, -0.2) is 13.2 Å². The van der Waals surface area contributed by atoms with Crippen LogP contribution >= 0.6 is 0 Å². The maximum atomic E-state index is 12.1. The van der Waals surface area contributed by atoms with Crippen LogP contribution in [-0.4, -0.2) is 38.1 Å². The van der Waals surface area contributed by atoms with E-state index in [4.69, 9.17) is 14.6 Å². The number of amides is 1. The number of benzene rings is 2. The molecule has 1 atom stereocenters. The number of nitrogens with one attached hydrogen (secondary N) is 1. The van der Waals surface area contributed by atoms with Gasteiger partial charge < -0.3 is 19.9 Å². The molecule has 1 amide bonds. The summed E-state index contributed by atoms with van der Waals surface area (Å²) in [6, 6.07) is 13.2. The molecule has 1 heterocycles. The van der Waals surface area contributed by atoms with E-state index < -0.39 is 15.9 Å². The van der Waals surface area contributed by atoms with Crippen molar-refractivity contribution < 1.29 is 27.8 Å². The van der Waals surface area contributed by atoms with Gasteiger partial charge in [0.05, 0.1) is 23.4 Å². The van der Waals surface area contributed by atoms with Gasteiger partial charge in [0.15, 0.2) is 9.84 Å². The molecule has 1 fully saturated rings. The molecule has 1 unspecified atom stereocenters. The smallest absolute Gasteiger partial charge is 0.404 e. The summed E-state index contributed by atoms with van der Waals surface area (Å²) in [6.45, 7) is 0.714. The Bertz CT molecular complexity index is 842. The van der Waals surface area contributed by atoms with Crippen LogP contribution in [0.4, 0.5) is 4.79 Å². The van der Waals surface area contributed by atoms with E-state index in [-0.39, 0.29) is 23.3 Å². The molecule has 8 heteroatoms. The molecule has 0 radical (unpaired) electrons. The Morgan fingerprint density at radius 1 is 1.12 bits per heavy atom. The topological polar surface area (TPSA) is 105 Å². The Morgan fingerprint density at radius 2 is 1.68 bits per heavy atom. The monoisotopic (exact) mass is 363 g/mol. The van der Waals surface area contributed by atoms with E-state index >= 15 is 0 Å². The van der Waals surface area contributed by atoms with E-state index in [0.717, 1.165) is 5.56 Å². The molecular formula is C17H17NO6S. The summed E-state index contributed by atoms with van der Waals surface area (Å²) in [5.41, 5.74) is 0.804. The van der Waals surface area contributed by atoms with Crippen LogP contribution < -0.4 is 10.1 Å². The molecule has 25 heavy (non-hydrogen) atoms. The van der Waals surface area contributed by atoms with Crippen molar-refractivity contribution in [2.75, 3.05) is 12.4 Å². The highest BCUT2D eigenvalue weighted by molar-refractivity contribution is 7.91. The molecule has 1 saturated heterocycles. The quantitative estimate of drug-likeness (QED) is 0.732. The summed E-state index contributed by atoms with van der Waals surface area (Å²) in [7, 11) is -3.34. The van der Waals surface area contributed by atoms with Gasteiger partial charge in [-0.2, -0.15) is 0 Å². The number of epoxide rings is 1. The second-order valence-electron chi connectivity index (χ2n) is 5.61. The van der Waals surface area contributed by atoms with Crippen LogP contribution in [0.2, 0.25) is 0 Å². The lowest BCUT2D eigenvalue weighted by Crippen LogP contribution is -2.19. The summed E-state index contributed by atoms with van der Waals surface area (Å²) in [5, 5.41) is 10.8. The Hall–Kier alpha value is -2.58. The summed E-state index contributed by atoms with van der Waals surface area (Å²) in [5.74, 6) is 1.08. The largest absolute Gasteiger partial charge is 0.465 e. The number of carboxylic acid groups (broad SMARTS) is 1. The van der Waals surface area contributed by atoms with Gasteiger partial charge in [0.25, 0.3) is 0 Å². The lowest BCUT2D eigenvalue weighted by molar-refractivity contribution is 0.194. The molecule has 2 aromatic rings. The number of ether oxygens (including phenoxy) is 2. The SMILES string of the molecule is O=C(O)NCc1ccc(Oc2ccc(S(=O)(=O)CC3CO3)cc2)cc1. The van der Waals surface area contributed by atoms with Crippen LogP contribution in [0, 0.1) is 0 Å². The minimum Gasteiger partial charge on any atom is -0.465 e. The minimum atomic E-state index is -3.34. The molecule has 0 bridgehead atoms. The zero-order valence-corrected chi connectivity index (χ0v) is 14.0. The van der Waals surface area contributed by atoms with Gasteiger partial charge >= 0.3 is 6.09 Å². The third-order valence-electron chi connectivity index (χ3n) is 3.59. The Balaban J connectivity index is 1.62. The predicted molar refractivity (Wildman–Crippen MR) is 89.6 cm³/mol. The predicted octanol–water partition coefficient (Wildman–Crippen LogP) is 2.42. The fourth-order valence-electron chi connectivity index (χ4n) is 2.21. The van der Waals surface area contributed by atoms with Crippen molar-refractivity contribution >= 4 is 15.9 Å². The van der Waals surface area contributed by atoms with Crippen molar-refractivity contribution in [1.82, 2.24) is 5.32 Å². The van der Waals surface area contributed by atoms with Crippen molar-refractivity contribution in [3.8, 4) is 11.5 Å². The normalized spacial score (nSPS) is 16.2. The van der Waals surface area contributed by atoms with Gasteiger partial charge in [-0.15, -0.1) is 0 Å². The van der Waals surface area contributed by atoms with Crippen LogP contribution in [0.25, 0.3) is 0 Å². The average molecular weight is 363 g/mol. The highest BCUT2D eigenvalue weighted by Gasteiger charge is 2.30. The van der Waals surface area contributed by atoms with Crippen molar-refractivity contribution in [1.29, 1.82) is 0 Å². The average Bonchev–Trinajstić information content (AvgIpc) is 3.38. The molecular weight excluding hydrogens is 346 g/mol. The number of hydrogen-bond donors (Lipinski definition) is 2. The molecule has 1 aliphatic heterocycles. The number of sulfone groups is 1. The maximum Gasteiger partial charge on any atom is 0.404 e. The molecule has 132 valence electrons. The van der Waals surface area contributed by atoms with Gasteiger partial charge in [-0.1, -0.05) is 12.1 Å². The summed E-state index contributed by atoms with van der Waals surface area (Å²) < 4.78 is 34.9. The first-order valence-electron chi connectivity index (χ1n) is 7.60. The lowest BCUT2D eigenvalue weighted by Gasteiger charge is -2.08. The van der Waals surface area contributed by atoms with Gasteiger partial charge in [-0.3, -0.25) is 0 Å². The number of hydrogen-bond acceptors (Lipinski definition) is 5. The van der Waals surface area contributed by atoms with Crippen LogP contribution in [0.1, 0.15) is 5.56 Å². The third-order valence-corrected chi connectivity index (χ3v) is 5.39. The molecule has 2 aromatic carbocycles. The van der Waals surface area contributed by atoms with Gasteiger partial charge in [0.1, 0.15) is 11.5 Å². The highest BCUT2D eigenvalue weighted by Crippen LogP contribution is 2.25. The second kappa shape index (κ2) is 7.12. The molecule has 1 aliphatic rings. The Kier molecular flexibility index (Phi) is 4.91. The van der Waals surface area contributed by atoms with Crippen molar-refractivity contribution in [2.45, 2.75) is 17.5 Å². The first-order valence-corrected chi connectivity index (χ1v) is 9.26. The van der Waals surface area contributed by atoms with Crippen LogP contribution in [0.5, 0.6) is 11.5 Å². The fraction of sp³-hybridized carbons (Fsp3) is 0.235. The summed E-state index contributed by atoms with van der Waals surface area (Å²) in [4.78, 5) is 10.7. The van der Waals surface area contributed by atoms with E-state index in [1.54, 1.807) is 36.4 Å². The zero-order chi connectivity index (χ0) is 17.9. The van der Waals surface area contributed by atoms with Crippen molar-refractivity contribution in [2.24, 2.45) is 0 Å². The first kappa shape index (κ1) is 17.2. The standard InChI is InChI=1S/C17H17NO6S/c19-17(20)18-9-12-1-3-13(4-2-12)24-14-5-7-16(8-6-14)25(21,22)11-15-10-23-15/h1-8,15,18H,9-11H2,(H,19,20). The van der Waals surface area contributed by atoms with E-state index in [9.17, 15) is 13.2 Å².